The number of thiol groups is 1. The van der Waals surface area contributed by atoms with Crippen LogP contribution in [-0.4, -0.2) is 15.5 Å². The van der Waals surface area contributed by atoms with Gasteiger partial charge in [-0.3, -0.25) is 4.68 Å². The van der Waals surface area contributed by atoms with Crippen molar-refractivity contribution in [2.24, 2.45) is 5.92 Å². The maximum absolute atomic E-state index is 4.54. The van der Waals surface area contributed by atoms with Crippen LogP contribution in [0.1, 0.15) is 36.7 Å². The van der Waals surface area contributed by atoms with Crippen molar-refractivity contribution in [2.45, 2.75) is 47.1 Å². The second kappa shape index (κ2) is 5.59. The van der Waals surface area contributed by atoms with Crippen LogP contribution >= 0.6 is 12.6 Å². The third kappa shape index (κ3) is 3.26. The number of hydrogen-bond donors (Lipinski definition) is 1. The fourth-order valence-electron chi connectivity index (χ4n) is 1.71. The Morgan fingerprint density at radius 3 is 2.40 bits per heavy atom. The Labute approximate surface area is 98.5 Å². The van der Waals surface area contributed by atoms with E-state index in [1.165, 1.54) is 24.1 Å². The molecule has 0 bridgehead atoms. The van der Waals surface area contributed by atoms with Crippen molar-refractivity contribution in [2.75, 3.05) is 5.75 Å². The Morgan fingerprint density at radius 1 is 1.27 bits per heavy atom. The minimum absolute atomic E-state index is 0.742. The number of aryl methyl sites for hydroxylation is 2. The zero-order valence-electron chi connectivity index (χ0n) is 10.2. The molecule has 86 valence electrons. The zero-order chi connectivity index (χ0) is 11.4. The largest absolute Gasteiger partial charge is 0.269 e. The van der Waals surface area contributed by atoms with Gasteiger partial charge in [0.2, 0.25) is 0 Å². The predicted molar refractivity (Wildman–Crippen MR) is 68.7 cm³/mol. The summed E-state index contributed by atoms with van der Waals surface area (Å²) in [6, 6.07) is 0. The monoisotopic (exact) mass is 226 g/mol. The smallest absolute Gasteiger partial charge is 0.0625 e. The first-order chi connectivity index (χ1) is 7.06. The lowest BCUT2D eigenvalue weighted by molar-refractivity contribution is 0.445. The Morgan fingerprint density at radius 2 is 1.93 bits per heavy atom. The second-order valence-electron chi connectivity index (χ2n) is 4.43. The molecule has 3 heteroatoms. The summed E-state index contributed by atoms with van der Waals surface area (Å²) in [7, 11) is 0. The van der Waals surface area contributed by atoms with E-state index in [0.29, 0.717) is 0 Å². The van der Waals surface area contributed by atoms with Gasteiger partial charge in [-0.05, 0) is 50.8 Å². The molecule has 1 aromatic heterocycles. The second-order valence-corrected chi connectivity index (χ2v) is 4.87. The van der Waals surface area contributed by atoms with Crippen molar-refractivity contribution in [1.82, 2.24) is 9.78 Å². The highest BCUT2D eigenvalue weighted by Gasteiger charge is 2.08. The van der Waals surface area contributed by atoms with Crippen molar-refractivity contribution in [3.05, 3.63) is 17.0 Å². The molecule has 1 rings (SSSR count). The predicted octanol–water partition coefficient (Wildman–Crippen LogP) is 3.15. The number of aromatic nitrogens is 2. The Bertz CT molecular complexity index is 318. The van der Waals surface area contributed by atoms with Gasteiger partial charge in [0.05, 0.1) is 5.69 Å². The topological polar surface area (TPSA) is 17.8 Å². The molecule has 1 aromatic rings. The normalized spacial score (nSPS) is 13.1. The maximum atomic E-state index is 4.54. The minimum atomic E-state index is 0.742. The van der Waals surface area contributed by atoms with Gasteiger partial charge in [-0.15, -0.1) is 0 Å². The van der Waals surface area contributed by atoms with E-state index in [4.69, 9.17) is 0 Å². The molecule has 0 N–H and O–H groups in total. The summed E-state index contributed by atoms with van der Waals surface area (Å²) in [5.74, 6) is 1.73. The Hall–Kier alpha value is -0.440. The van der Waals surface area contributed by atoms with Crippen LogP contribution < -0.4 is 0 Å². The van der Waals surface area contributed by atoms with Crippen molar-refractivity contribution >= 4 is 12.6 Å². The molecule has 1 heterocycles. The van der Waals surface area contributed by atoms with Crippen molar-refractivity contribution in [3.63, 3.8) is 0 Å². The summed E-state index contributed by atoms with van der Waals surface area (Å²) in [5.41, 5.74) is 3.80. The average Bonchev–Trinajstić information content (AvgIpc) is 2.43. The molecule has 0 saturated carbocycles. The molecule has 1 unspecified atom stereocenters. The standard InChI is InChI=1S/C12H22N2S/c1-9(6-8-15)5-7-14-12(4)10(2)11(3)13-14/h9,15H,5-8H2,1-4H3. The quantitative estimate of drug-likeness (QED) is 0.764. The summed E-state index contributed by atoms with van der Waals surface area (Å²) in [5, 5.41) is 4.54. The van der Waals surface area contributed by atoms with Gasteiger partial charge in [0.15, 0.2) is 0 Å². The first kappa shape index (κ1) is 12.6. The van der Waals surface area contributed by atoms with Crippen LogP contribution in [0.15, 0.2) is 0 Å². The molecule has 0 amide bonds. The van der Waals surface area contributed by atoms with E-state index in [0.717, 1.165) is 23.9 Å². The number of hydrogen-bond acceptors (Lipinski definition) is 2. The first-order valence-corrected chi connectivity index (χ1v) is 6.31. The minimum Gasteiger partial charge on any atom is -0.269 e. The molecule has 0 aliphatic rings. The molecule has 2 nitrogen and oxygen atoms in total. The van der Waals surface area contributed by atoms with E-state index in [9.17, 15) is 0 Å². The van der Waals surface area contributed by atoms with Gasteiger partial charge in [0, 0.05) is 12.2 Å². The summed E-state index contributed by atoms with van der Waals surface area (Å²) >= 11 is 4.26. The van der Waals surface area contributed by atoms with E-state index < -0.39 is 0 Å². The van der Waals surface area contributed by atoms with Gasteiger partial charge in [0.1, 0.15) is 0 Å². The van der Waals surface area contributed by atoms with Crippen LogP contribution in [0.4, 0.5) is 0 Å². The van der Waals surface area contributed by atoms with Crippen molar-refractivity contribution in [3.8, 4) is 0 Å². The molecule has 0 aliphatic heterocycles. The van der Waals surface area contributed by atoms with Gasteiger partial charge in [-0.1, -0.05) is 6.92 Å². The zero-order valence-corrected chi connectivity index (χ0v) is 11.1. The van der Waals surface area contributed by atoms with Crippen LogP contribution in [0.5, 0.6) is 0 Å². The van der Waals surface area contributed by atoms with Crippen LogP contribution in [0.2, 0.25) is 0 Å². The molecule has 0 aromatic carbocycles. The van der Waals surface area contributed by atoms with E-state index in [1.54, 1.807) is 0 Å². The number of rotatable bonds is 5. The average molecular weight is 226 g/mol. The van der Waals surface area contributed by atoms with Gasteiger partial charge >= 0.3 is 0 Å². The highest BCUT2D eigenvalue weighted by atomic mass is 32.1. The maximum Gasteiger partial charge on any atom is 0.0625 e. The van der Waals surface area contributed by atoms with Crippen LogP contribution in [0, 0.1) is 26.7 Å². The molecule has 0 fully saturated rings. The number of nitrogens with zero attached hydrogens (tertiary/aromatic N) is 2. The first-order valence-electron chi connectivity index (χ1n) is 5.67. The third-order valence-corrected chi connectivity index (χ3v) is 3.46. The van der Waals surface area contributed by atoms with Gasteiger partial charge < -0.3 is 0 Å². The van der Waals surface area contributed by atoms with Crippen molar-refractivity contribution < 1.29 is 0 Å². The van der Waals surface area contributed by atoms with Crippen LogP contribution in [0.3, 0.4) is 0 Å². The molecule has 15 heavy (non-hydrogen) atoms. The lowest BCUT2D eigenvalue weighted by Gasteiger charge is -2.10. The third-order valence-electron chi connectivity index (χ3n) is 3.20. The molecule has 1 atom stereocenters. The molecular weight excluding hydrogens is 204 g/mol. The summed E-state index contributed by atoms with van der Waals surface area (Å²) in [6.07, 6.45) is 2.39. The SMILES string of the molecule is Cc1nn(CCC(C)CCS)c(C)c1C. The van der Waals surface area contributed by atoms with Crippen LogP contribution in [-0.2, 0) is 6.54 Å². The summed E-state index contributed by atoms with van der Waals surface area (Å²) in [4.78, 5) is 0. The summed E-state index contributed by atoms with van der Waals surface area (Å²) < 4.78 is 2.14. The fraction of sp³-hybridized carbons (Fsp3) is 0.750. The molecule has 0 aliphatic carbocycles. The van der Waals surface area contributed by atoms with Crippen LogP contribution in [0.25, 0.3) is 0 Å². The lowest BCUT2D eigenvalue weighted by atomic mass is 10.1. The van der Waals surface area contributed by atoms with E-state index in [2.05, 4.69) is 50.1 Å². The van der Waals surface area contributed by atoms with Gasteiger partial charge in [0.25, 0.3) is 0 Å². The van der Waals surface area contributed by atoms with E-state index >= 15 is 0 Å². The van der Waals surface area contributed by atoms with Gasteiger partial charge in [-0.2, -0.15) is 17.7 Å². The highest BCUT2D eigenvalue weighted by molar-refractivity contribution is 7.80. The Balaban J connectivity index is 2.54. The molecule has 0 radical (unpaired) electrons. The molecular formula is C12H22N2S. The Kier molecular flexibility index (Phi) is 4.71. The molecule has 0 saturated heterocycles. The highest BCUT2D eigenvalue weighted by Crippen LogP contribution is 2.14. The fourth-order valence-corrected chi connectivity index (χ4v) is 2.15. The van der Waals surface area contributed by atoms with E-state index in [-0.39, 0.29) is 0 Å². The molecule has 0 spiro atoms. The summed E-state index contributed by atoms with van der Waals surface area (Å²) in [6.45, 7) is 9.70. The van der Waals surface area contributed by atoms with Crippen molar-refractivity contribution in [1.29, 1.82) is 0 Å². The lowest BCUT2D eigenvalue weighted by Crippen LogP contribution is -2.07. The van der Waals surface area contributed by atoms with Gasteiger partial charge in [-0.25, -0.2) is 0 Å². The van der Waals surface area contributed by atoms with E-state index in [1.807, 2.05) is 0 Å².